The average molecular weight is 512 g/mol. The van der Waals surface area contributed by atoms with E-state index >= 15 is 0 Å². The fourth-order valence-electron chi connectivity index (χ4n) is 4.03. The van der Waals surface area contributed by atoms with Gasteiger partial charge in [-0.3, -0.25) is 4.98 Å². The number of alkyl halides is 3. The van der Waals surface area contributed by atoms with Crippen LogP contribution in [0.2, 0.25) is 0 Å². The number of thiophene rings is 1. The smallest absolute Gasteiger partial charge is 0.376 e. The second-order valence-corrected chi connectivity index (χ2v) is 11.4. The Morgan fingerprint density at radius 1 is 1.09 bits per heavy atom. The highest BCUT2D eigenvalue weighted by molar-refractivity contribution is 7.91. The maximum absolute atomic E-state index is 13.2. The molecule has 1 N–H and O–H groups in total. The Morgan fingerprint density at radius 2 is 1.76 bits per heavy atom. The van der Waals surface area contributed by atoms with E-state index in [1.807, 2.05) is 17.0 Å². The number of aliphatic hydroxyl groups is 1. The lowest BCUT2D eigenvalue weighted by Gasteiger charge is -2.42. The summed E-state index contributed by atoms with van der Waals surface area (Å²) in [5.74, 6) is 0. The van der Waals surface area contributed by atoms with E-state index in [0.717, 1.165) is 23.8 Å². The summed E-state index contributed by atoms with van der Waals surface area (Å²) in [6.45, 7) is 1.57. The van der Waals surface area contributed by atoms with Crippen molar-refractivity contribution in [1.82, 2.24) is 9.29 Å². The van der Waals surface area contributed by atoms with Crippen LogP contribution in [0.15, 0.2) is 70.5 Å². The van der Waals surface area contributed by atoms with E-state index in [2.05, 4.69) is 4.98 Å². The van der Waals surface area contributed by atoms with Gasteiger partial charge in [0.1, 0.15) is 4.21 Å². The van der Waals surface area contributed by atoms with Crippen molar-refractivity contribution in [3.8, 4) is 0 Å². The first-order chi connectivity index (χ1) is 16.0. The molecule has 0 saturated carbocycles. The summed E-state index contributed by atoms with van der Waals surface area (Å²) in [6, 6.07) is 12.3. The van der Waals surface area contributed by atoms with Gasteiger partial charge in [0.2, 0.25) is 0 Å². The van der Waals surface area contributed by atoms with Gasteiger partial charge in [-0.1, -0.05) is 18.2 Å². The van der Waals surface area contributed by atoms with Crippen LogP contribution in [0.1, 0.15) is 18.1 Å². The summed E-state index contributed by atoms with van der Waals surface area (Å²) < 4.78 is 67.6. The predicted molar refractivity (Wildman–Crippen MR) is 124 cm³/mol. The van der Waals surface area contributed by atoms with Crippen molar-refractivity contribution in [2.24, 2.45) is 0 Å². The number of halogens is 3. The molecule has 1 aromatic carbocycles. The van der Waals surface area contributed by atoms with Crippen LogP contribution in [-0.2, 0) is 22.0 Å². The molecule has 0 aliphatic carbocycles. The number of hydrogen-bond acceptors (Lipinski definition) is 6. The van der Waals surface area contributed by atoms with Crippen LogP contribution in [0.5, 0.6) is 0 Å². The van der Waals surface area contributed by atoms with Gasteiger partial charge in [-0.25, -0.2) is 8.42 Å². The van der Waals surface area contributed by atoms with Crippen molar-refractivity contribution < 1.29 is 26.7 Å². The van der Waals surface area contributed by atoms with E-state index in [4.69, 9.17) is 0 Å². The Morgan fingerprint density at radius 3 is 2.35 bits per heavy atom. The summed E-state index contributed by atoms with van der Waals surface area (Å²) in [6.07, 6.45) is -0.950. The summed E-state index contributed by atoms with van der Waals surface area (Å²) in [5, 5.41) is 11.7. The van der Waals surface area contributed by atoms with Crippen molar-refractivity contribution in [2.45, 2.75) is 35.4 Å². The minimum Gasteiger partial charge on any atom is -0.376 e. The lowest BCUT2D eigenvalue weighted by Crippen LogP contribution is -2.55. The van der Waals surface area contributed by atoms with E-state index < -0.39 is 21.8 Å². The molecule has 3 heterocycles. The number of aromatic nitrogens is 1. The van der Waals surface area contributed by atoms with Gasteiger partial charge in [0.15, 0.2) is 5.60 Å². The molecule has 6 nitrogen and oxygen atoms in total. The first-order valence-electron chi connectivity index (χ1n) is 10.6. The number of piperazine rings is 1. The second-order valence-electron chi connectivity index (χ2n) is 8.32. The molecule has 1 aliphatic heterocycles. The lowest BCUT2D eigenvalue weighted by molar-refractivity contribution is -0.258. The normalized spacial score (nSPS) is 19.7. The average Bonchev–Trinajstić information content (AvgIpc) is 3.35. The number of rotatable bonds is 6. The fraction of sp³-hybridized carbons (Fsp3) is 0.348. The second kappa shape index (κ2) is 9.29. The predicted octanol–water partition coefficient (Wildman–Crippen LogP) is 4.04. The third kappa shape index (κ3) is 4.83. The van der Waals surface area contributed by atoms with Gasteiger partial charge in [0.05, 0.1) is 0 Å². The van der Waals surface area contributed by atoms with Crippen LogP contribution in [0.3, 0.4) is 0 Å². The summed E-state index contributed by atoms with van der Waals surface area (Å²) >= 11 is 1.16. The molecule has 3 aromatic rings. The van der Waals surface area contributed by atoms with E-state index in [0.29, 0.717) is 18.7 Å². The van der Waals surface area contributed by atoms with Crippen molar-refractivity contribution in [2.75, 3.05) is 24.5 Å². The van der Waals surface area contributed by atoms with E-state index in [9.17, 15) is 26.7 Å². The van der Waals surface area contributed by atoms with Gasteiger partial charge in [-0.15, -0.1) is 11.3 Å². The Hall–Kier alpha value is -2.47. The third-order valence-corrected chi connectivity index (χ3v) is 9.31. The van der Waals surface area contributed by atoms with Gasteiger partial charge in [0, 0.05) is 43.8 Å². The quantitative estimate of drug-likeness (QED) is 0.541. The van der Waals surface area contributed by atoms with Crippen molar-refractivity contribution in [1.29, 1.82) is 0 Å². The molecule has 11 heteroatoms. The van der Waals surface area contributed by atoms with Crippen molar-refractivity contribution >= 4 is 27.0 Å². The molecule has 1 fully saturated rings. The van der Waals surface area contributed by atoms with Crippen molar-refractivity contribution in [3.63, 3.8) is 0 Å². The monoisotopic (exact) mass is 511 g/mol. The van der Waals surface area contributed by atoms with E-state index in [1.54, 1.807) is 42.0 Å². The SMILES string of the molecule is C[C@](O)(c1ccc(N2CCN(S(=O)(=O)c3cccs3)C[C@@H]2Cc2ccncc2)cc1)C(F)(F)F. The Kier molecular flexibility index (Phi) is 6.74. The summed E-state index contributed by atoms with van der Waals surface area (Å²) in [5.41, 5.74) is -1.59. The molecular weight excluding hydrogens is 487 g/mol. The number of sulfonamides is 1. The van der Waals surface area contributed by atoms with Crippen LogP contribution in [-0.4, -0.2) is 54.7 Å². The zero-order valence-electron chi connectivity index (χ0n) is 18.3. The Bertz CT molecular complexity index is 1200. The molecule has 0 unspecified atom stereocenters. The minimum atomic E-state index is -4.81. The zero-order valence-corrected chi connectivity index (χ0v) is 19.9. The van der Waals surface area contributed by atoms with Gasteiger partial charge in [0.25, 0.3) is 10.0 Å². The van der Waals surface area contributed by atoms with Crippen LogP contribution >= 0.6 is 11.3 Å². The van der Waals surface area contributed by atoms with Gasteiger partial charge in [-0.2, -0.15) is 17.5 Å². The summed E-state index contributed by atoms with van der Waals surface area (Å²) in [4.78, 5) is 6.03. The third-order valence-electron chi connectivity index (χ3n) is 6.07. The first-order valence-corrected chi connectivity index (χ1v) is 12.9. The molecule has 1 aliphatic rings. The molecule has 2 atom stereocenters. The number of hydrogen-bond donors (Lipinski definition) is 1. The molecular formula is C23H24F3N3O3S2. The van der Waals surface area contributed by atoms with Gasteiger partial charge < -0.3 is 10.0 Å². The Labute approximate surface area is 200 Å². The standard InChI is InChI=1S/C23H24F3N3O3S2/c1-22(30,23(24,25)26)18-4-6-19(7-5-18)29-13-12-28(34(31,32)21-3-2-14-33-21)16-20(29)15-17-8-10-27-11-9-17/h2-11,14,20,30H,12-13,15-16H2,1H3/t20-,22-/m0/s1. The first kappa shape index (κ1) is 24.6. The van der Waals surface area contributed by atoms with Gasteiger partial charge >= 0.3 is 6.18 Å². The highest BCUT2D eigenvalue weighted by Crippen LogP contribution is 2.39. The van der Waals surface area contributed by atoms with Crippen LogP contribution in [0.4, 0.5) is 18.9 Å². The molecule has 0 radical (unpaired) electrons. The molecule has 4 rings (SSSR count). The number of pyridine rings is 1. The van der Waals surface area contributed by atoms with E-state index in [-0.39, 0.29) is 28.9 Å². The maximum atomic E-state index is 13.2. The fourth-order valence-corrected chi connectivity index (χ4v) is 6.64. The van der Waals surface area contributed by atoms with Crippen LogP contribution < -0.4 is 4.90 Å². The molecule has 182 valence electrons. The minimum absolute atomic E-state index is 0.227. The maximum Gasteiger partial charge on any atom is 0.421 e. The molecule has 1 saturated heterocycles. The highest BCUT2D eigenvalue weighted by Gasteiger charge is 2.51. The summed E-state index contributed by atoms with van der Waals surface area (Å²) in [7, 11) is -3.64. The Balaban J connectivity index is 1.62. The van der Waals surface area contributed by atoms with Crippen LogP contribution in [0.25, 0.3) is 0 Å². The molecule has 2 aromatic heterocycles. The van der Waals surface area contributed by atoms with E-state index in [1.165, 1.54) is 16.4 Å². The topological polar surface area (TPSA) is 73.7 Å². The lowest BCUT2D eigenvalue weighted by atomic mass is 9.94. The highest BCUT2D eigenvalue weighted by atomic mass is 32.2. The molecule has 0 bridgehead atoms. The molecule has 0 spiro atoms. The van der Waals surface area contributed by atoms with Gasteiger partial charge in [-0.05, 0) is 60.2 Å². The zero-order chi connectivity index (χ0) is 24.6. The number of nitrogens with zero attached hydrogens (tertiary/aromatic N) is 3. The number of anilines is 1. The molecule has 0 amide bonds. The molecule has 34 heavy (non-hydrogen) atoms. The number of benzene rings is 1. The largest absolute Gasteiger partial charge is 0.421 e. The van der Waals surface area contributed by atoms with Crippen LogP contribution in [0, 0.1) is 0 Å². The van der Waals surface area contributed by atoms with Crippen molar-refractivity contribution in [3.05, 3.63) is 77.4 Å².